The second-order valence-electron chi connectivity index (χ2n) is 4.54. The molecule has 1 amide bonds. The van der Waals surface area contributed by atoms with Crippen molar-refractivity contribution in [2.24, 2.45) is 11.7 Å². The molecule has 14 heavy (non-hydrogen) atoms. The van der Waals surface area contributed by atoms with E-state index in [1.165, 1.54) is 12.8 Å². The van der Waals surface area contributed by atoms with Gasteiger partial charge in [-0.1, -0.05) is 13.8 Å². The zero-order chi connectivity index (χ0) is 10.6. The van der Waals surface area contributed by atoms with Crippen LogP contribution in [0.15, 0.2) is 0 Å². The van der Waals surface area contributed by atoms with Gasteiger partial charge in [-0.05, 0) is 25.2 Å². The van der Waals surface area contributed by atoms with Crippen LogP contribution in [-0.2, 0) is 4.79 Å². The van der Waals surface area contributed by atoms with Crippen LogP contribution < -0.4 is 5.73 Å². The largest absolute Gasteiger partial charge is 0.338 e. The molecule has 0 unspecified atom stereocenters. The van der Waals surface area contributed by atoms with E-state index in [-0.39, 0.29) is 0 Å². The summed E-state index contributed by atoms with van der Waals surface area (Å²) in [5.41, 5.74) is 5.49. The molecule has 0 atom stereocenters. The lowest BCUT2D eigenvalue weighted by atomic mass is 10.1. The van der Waals surface area contributed by atoms with Crippen molar-refractivity contribution in [1.82, 2.24) is 4.90 Å². The fourth-order valence-corrected chi connectivity index (χ4v) is 1.59. The monoisotopic (exact) mass is 198 g/mol. The standard InChI is InChI=1S/C11H22N2O/c1-9(2)3-6-11(14)13(8-7-12)10-4-5-10/h9-10H,3-8,12H2,1-2H3. The Morgan fingerprint density at radius 1 is 1.50 bits per heavy atom. The molecule has 1 aliphatic carbocycles. The molecule has 0 aliphatic heterocycles. The summed E-state index contributed by atoms with van der Waals surface area (Å²) in [4.78, 5) is 13.8. The van der Waals surface area contributed by atoms with E-state index in [1.54, 1.807) is 0 Å². The first-order valence-corrected chi connectivity index (χ1v) is 5.64. The van der Waals surface area contributed by atoms with Gasteiger partial charge in [-0.15, -0.1) is 0 Å². The minimum atomic E-state index is 0.298. The van der Waals surface area contributed by atoms with Crippen LogP contribution in [0.2, 0.25) is 0 Å². The van der Waals surface area contributed by atoms with Gasteiger partial charge in [0.2, 0.25) is 5.91 Å². The first-order chi connectivity index (χ1) is 6.65. The summed E-state index contributed by atoms with van der Waals surface area (Å²) in [6.07, 6.45) is 4.03. The van der Waals surface area contributed by atoms with Crippen molar-refractivity contribution in [3.05, 3.63) is 0 Å². The molecule has 0 saturated heterocycles. The third-order valence-electron chi connectivity index (χ3n) is 2.61. The van der Waals surface area contributed by atoms with Gasteiger partial charge < -0.3 is 10.6 Å². The van der Waals surface area contributed by atoms with Crippen LogP contribution in [0.25, 0.3) is 0 Å². The number of hydrogen-bond acceptors (Lipinski definition) is 2. The molecule has 0 heterocycles. The number of rotatable bonds is 6. The third-order valence-corrected chi connectivity index (χ3v) is 2.61. The highest BCUT2D eigenvalue weighted by molar-refractivity contribution is 5.76. The number of amides is 1. The highest BCUT2D eigenvalue weighted by Crippen LogP contribution is 2.27. The average Bonchev–Trinajstić information content (AvgIpc) is 2.93. The Hall–Kier alpha value is -0.570. The van der Waals surface area contributed by atoms with Crippen molar-refractivity contribution in [1.29, 1.82) is 0 Å². The van der Waals surface area contributed by atoms with E-state index in [0.29, 0.717) is 30.8 Å². The molecule has 3 nitrogen and oxygen atoms in total. The highest BCUT2D eigenvalue weighted by atomic mass is 16.2. The summed E-state index contributed by atoms with van der Waals surface area (Å²) < 4.78 is 0. The van der Waals surface area contributed by atoms with Gasteiger partial charge in [0.05, 0.1) is 0 Å². The Morgan fingerprint density at radius 3 is 2.57 bits per heavy atom. The summed E-state index contributed by atoms with van der Waals surface area (Å²) >= 11 is 0. The van der Waals surface area contributed by atoms with Crippen molar-refractivity contribution in [3.8, 4) is 0 Å². The van der Waals surface area contributed by atoms with Crippen LogP contribution >= 0.6 is 0 Å². The van der Waals surface area contributed by atoms with Gasteiger partial charge in [0.1, 0.15) is 0 Å². The maximum atomic E-state index is 11.8. The second-order valence-corrected chi connectivity index (χ2v) is 4.54. The maximum absolute atomic E-state index is 11.8. The van der Waals surface area contributed by atoms with Gasteiger partial charge in [0, 0.05) is 25.6 Å². The molecule has 82 valence electrons. The van der Waals surface area contributed by atoms with Crippen molar-refractivity contribution < 1.29 is 4.79 Å². The minimum absolute atomic E-state index is 0.298. The number of carbonyl (C=O) groups is 1. The molecule has 1 fully saturated rings. The van der Waals surface area contributed by atoms with E-state index >= 15 is 0 Å². The van der Waals surface area contributed by atoms with Gasteiger partial charge in [0.25, 0.3) is 0 Å². The molecule has 3 heteroatoms. The van der Waals surface area contributed by atoms with Gasteiger partial charge >= 0.3 is 0 Å². The minimum Gasteiger partial charge on any atom is -0.338 e. The summed E-state index contributed by atoms with van der Waals surface area (Å²) in [5.74, 6) is 0.907. The maximum Gasteiger partial charge on any atom is 0.222 e. The molecule has 0 radical (unpaired) electrons. The first-order valence-electron chi connectivity index (χ1n) is 5.64. The van der Waals surface area contributed by atoms with E-state index in [1.807, 2.05) is 4.90 Å². The second kappa shape index (κ2) is 5.35. The molecular weight excluding hydrogens is 176 g/mol. The Balaban J connectivity index is 2.30. The average molecular weight is 198 g/mol. The van der Waals surface area contributed by atoms with Crippen LogP contribution in [0, 0.1) is 5.92 Å². The molecule has 1 saturated carbocycles. The Labute approximate surface area is 86.6 Å². The van der Waals surface area contributed by atoms with Gasteiger partial charge in [0.15, 0.2) is 0 Å². The molecule has 0 aromatic carbocycles. The molecule has 1 rings (SSSR count). The summed E-state index contributed by atoms with van der Waals surface area (Å²) in [6, 6.07) is 0.512. The third kappa shape index (κ3) is 3.66. The van der Waals surface area contributed by atoms with Crippen molar-refractivity contribution >= 4 is 5.91 Å². The lowest BCUT2D eigenvalue weighted by molar-refractivity contribution is -0.131. The topological polar surface area (TPSA) is 46.3 Å². The summed E-state index contributed by atoms with van der Waals surface area (Å²) in [7, 11) is 0. The van der Waals surface area contributed by atoms with E-state index in [9.17, 15) is 4.79 Å². The predicted molar refractivity (Wildman–Crippen MR) is 57.9 cm³/mol. The van der Waals surface area contributed by atoms with Crippen molar-refractivity contribution in [2.45, 2.75) is 45.6 Å². The summed E-state index contributed by atoms with van der Waals surface area (Å²) in [5, 5.41) is 0. The lowest BCUT2D eigenvalue weighted by Gasteiger charge is -2.22. The SMILES string of the molecule is CC(C)CCC(=O)N(CCN)C1CC1. The Morgan fingerprint density at radius 2 is 2.14 bits per heavy atom. The zero-order valence-electron chi connectivity index (χ0n) is 9.33. The first kappa shape index (κ1) is 11.5. The van der Waals surface area contributed by atoms with Crippen LogP contribution in [0.4, 0.5) is 0 Å². The van der Waals surface area contributed by atoms with E-state index in [0.717, 1.165) is 13.0 Å². The Bertz CT molecular complexity index is 188. The number of nitrogens with two attached hydrogens (primary N) is 1. The molecular formula is C11H22N2O. The Kier molecular flexibility index (Phi) is 4.39. The number of hydrogen-bond donors (Lipinski definition) is 1. The van der Waals surface area contributed by atoms with E-state index in [4.69, 9.17) is 5.73 Å². The van der Waals surface area contributed by atoms with Crippen LogP contribution in [-0.4, -0.2) is 29.9 Å². The van der Waals surface area contributed by atoms with Crippen LogP contribution in [0.5, 0.6) is 0 Å². The molecule has 0 aromatic heterocycles. The zero-order valence-corrected chi connectivity index (χ0v) is 9.33. The quantitative estimate of drug-likeness (QED) is 0.700. The normalized spacial score (nSPS) is 16.0. The molecule has 0 aromatic rings. The molecule has 2 N–H and O–H groups in total. The predicted octanol–water partition coefficient (Wildman–Crippen LogP) is 1.37. The van der Waals surface area contributed by atoms with E-state index in [2.05, 4.69) is 13.8 Å². The highest BCUT2D eigenvalue weighted by Gasteiger charge is 2.31. The summed E-state index contributed by atoms with van der Waals surface area (Å²) in [6.45, 7) is 5.63. The number of nitrogens with zero attached hydrogens (tertiary/aromatic N) is 1. The molecule has 0 bridgehead atoms. The van der Waals surface area contributed by atoms with Crippen LogP contribution in [0.1, 0.15) is 39.5 Å². The van der Waals surface area contributed by atoms with Gasteiger partial charge in [-0.25, -0.2) is 0 Å². The fraction of sp³-hybridized carbons (Fsp3) is 0.909. The van der Waals surface area contributed by atoms with E-state index < -0.39 is 0 Å². The molecule has 0 spiro atoms. The molecule has 1 aliphatic rings. The lowest BCUT2D eigenvalue weighted by Crippen LogP contribution is -2.37. The van der Waals surface area contributed by atoms with Gasteiger partial charge in [-0.2, -0.15) is 0 Å². The van der Waals surface area contributed by atoms with Crippen molar-refractivity contribution in [2.75, 3.05) is 13.1 Å². The van der Waals surface area contributed by atoms with Crippen molar-refractivity contribution in [3.63, 3.8) is 0 Å². The van der Waals surface area contributed by atoms with Gasteiger partial charge in [-0.3, -0.25) is 4.79 Å². The van der Waals surface area contributed by atoms with Crippen LogP contribution in [0.3, 0.4) is 0 Å². The smallest absolute Gasteiger partial charge is 0.222 e. The number of carbonyl (C=O) groups excluding carboxylic acids is 1. The fourth-order valence-electron chi connectivity index (χ4n) is 1.59.